The Hall–Kier alpha value is -3.04. The van der Waals surface area contributed by atoms with Crippen molar-refractivity contribution in [3.05, 3.63) is 65.4 Å². The van der Waals surface area contributed by atoms with Crippen molar-refractivity contribution in [2.75, 3.05) is 31.7 Å². The third-order valence-corrected chi connectivity index (χ3v) is 6.24. The van der Waals surface area contributed by atoms with Crippen LogP contribution in [0.5, 0.6) is 5.75 Å². The van der Waals surface area contributed by atoms with Gasteiger partial charge in [-0.25, -0.2) is 0 Å². The number of furan rings is 1. The minimum atomic E-state index is -0.257. The number of ether oxygens (including phenoxy) is 1. The largest absolute Gasteiger partial charge is 0.496 e. The Kier molecular flexibility index (Phi) is 7.28. The molecule has 1 aliphatic heterocycles. The van der Waals surface area contributed by atoms with Crippen molar-refractivity contribution in [3.8, 4) is 5.75 Å². The molecule has 168 valence electrons. The van der Waals surface area contributed by atoms with Crippen LogP contribution in [0.15, 0.2) is 52.2 Å². The van der Waals surface area contributed by atoms with Crippen LogP contribution in [0.4, 0.5) is 5.69 Å². The van der Waals surface area contributed by atoms with Gasteiger partial charge in [-0.15, -0.1) is 0 Å². The lowest BCUT2D eigenvalue weighted by molar-refractivity contribution is 0.0939. The van der Waals surface area contributed by atoms with E-state index in [9.17, 15) is 4.79 Å². The molecule has 1 aliphatic rings. The van der Waals surface area contributed by atoms with Crippen LogP contribution in [0.25, 0.3) is 0 Å². The molecule has 1 fully saturated rings. The van der Waals surface area contributed by atoms with Gasteiger partial charge >= 0.3 is 0 Å². The number of carbonyl (C=O) groups is 1. The van der Waals surface area contributed by atoms with Crippen molar-refractivity contribution in [2.24, 2.45) is 12.0 Å². The van der Waals surface area contributed by atoms with E-state index in [-0.39, 0.29) is 5.91 Å². The third-order valence-electron chi connectivity index (χ3n) is 5.29. The number of aryl methyl sites for hydroxylation is 1. The van der Waals surface area contributed by atoms with Crippen LogP contribution in [0.2, 0.25) is 0 Å². The zero-order chi connectivity index (χ0) is 22.3. The van der Waals surface area contributed by atoms with E-state index < -0.39 is 0 Å². The fourth-order valence-electron chi connectivity index (χ4n) is 3.59. The average molecular weight is 454 g/mol. The lowest BCUT2D eigenvalue weighted by Gasteiger charge is -2.26. The minimum absolute atomic E-state index is 0.257. The summed E-state index contributed by atoms with van der Waals surface area (Å²) < 4.78 is 12.4. The van der Waals surface area contributed by atoms with Gasteiger partial charge in [-0.3, -0.25) is 19.4 Å². The highest BCUT2D eigenvalue weighted by Crippen LogP contribution is 2.24. The van der Waals surface area contributed by atoms with E-state index in [1.807, 2.05) is 30.0 Å². The maximum absolute atomic E-state index is 12.7. The van der Waals surface area contributed by atoms with E-state index in [1.165, 1.54) is 4.68 Å². The zero-order valence-electron chi connectivity index (χ0n) is 18.3. The van der Waals surface area contributed by atoms with E-state index in [2.05, 4.69) is 26.4 Å². The first-order valence-electron chi connectivity index (χ1n) is 10.5. The Labute approximate surface area is 191 Å². The number of thioether (sulfide) groups is 1. The number of methoxy groups -OCH3 is 1. The number of benzene rings is 1. The molecule has 0 radical (unpaired) electrons. The van der Waals surface area contributed by atoms with Crippen molar-refractivity contribution in [1.82, 2.24) is 20.0 Å². The molecule has 0 spiro atoms. The van der Waals surface area contributed by atoms with Gasteiger partial charge in [0.1, 0.15) is 17.2 Å². The number of hydrogen-bond donors (Lipinski definition) is 1. The second kappa shape index (κ2) is 10.5. The molecule has 8 nitrogen and oxygen atoms in total. The van der Waals surface area contributed by atoms with Crippen molar-refractivity contribution in [3.63, 3.8) is 0 Å². The molecule has 0 unspecified atom stereocenters. The summed E-state index contributed by atoms with van der Waals surface area (Å²) in [5.74, 6) is 3.63. The van der Waals surface area contributed by atoms with Gasteiger partial charge in [0, 0.05) is 50.0 Å². The number of nitrogens with zero attached hydrogens (tertiary/aromatic N) is 4. The highest BCUT2D eigenvalue weighted by Gasteiger charge is 2.17. The molecule has 9 heteroatoms. The normalized spacial score (nSPS) is 14.7. The molecule has 1 aromatic carbocycles. The molecule has 0 saturated carbocycles. The molecule has 3 heterocycles. The molecule has 32 heavy (non-hydrogen) atoms. The molecular formula is C23H27N5O3S. The molecule has 1 saturated heterocycles. The van der Waals surface area contributed by atoms with Crippen LogP contribution >= 0.6 is 11.8 Å². The highest BCUT2D eigenvalue weighted by atomic mass is 32.2. The standard InChI is InChI=1S/C23H27N5O3S/c1-27-22(23(29)25-14-19-4-3-9-31-19)20(15-26-27)24-13-17-5-6-21(30-2)18(12-17)16-28-7-10-32-11-8-28/h3-6,9,12-13,15H,7-8,10-11,14,16H2,1-2H3,(H,25,29). The molecule has 2 aromatic heterocycles. The van der Waals surface area contributed by atoms with Gasteiger partial charge in [-0.2, -0.15) is 16.9 Å². The number of aliphatic imine (C=N–C) groups is 1. The van der Waals surface area contributed by atoms with Gasteiger partial charge in [0.2, 0.25) is 0 Å². The summed E-state index contributed by atoms with van der Waals surface area (Å²) >= 11 is 2.00. The first kappa shape index (κ1) is 22.2. The maximum atomic E-state index is 12.7. The first-order chi connectivity index (χ1) is 15.6. The van der Waals surface area contributed by atoms with Gasteiger partial charge in [0.15, 0.2) is 5.69 Å². The molecule has 1 amide bonds. The van der Waals surface area contributed by atoms with Crippen LogP contribution in [0.1, 0.15) is 27.4 Å². The number of carbonyl (C=O) groups excluding carboxylic acids is 1. The zero-order valence-corrected chi connectivity index (χ0v) is 19.1. The molecular weight excluding hydrogens is 426 g/mol. The number of amides is 1. The van der Waals surface area contributed by atoms with Gasteiger partial charge in [-0.1, -0.05) is 0 Å². The molecule has 4 rings (SSSR count). The Morgan fingerprint density at radius 1 is 1.34 bits per heavy atom. The smallest absolute Gasteiger partial charge is 0.272 e. The summed E-state index contributed by atoms with van der Waals surface area (Å²) in [6.45, 7) is 3.31. The van der Waals surface area contributed by atoms with Gasteiger partial charge < -0.3 is 14.5 Å². The molecule has 0 bridgehead atoms. The monoisotopic (exact) mass is 453 g/mol. The topological polar surface area (TPSA) is 84.9 Å². The number of nitrogens with one attached hydrogen (secondary N) is 1. The summed E-state index contributed by atoms with van der Waals surface area (Å²) in [5.41, 5.74) is 2.98. The summed E-state index contributed by atoms with van der Waals surface area (Å²) in [4.78, 5) is 19.7. The van der Waals surface area contributed by atoms with Crippen molar-refractivity contribution in [2.45, 2.75) is 13.1 Å². The highest BCUT2D eigenvalue weighted by molar-refractivity contribution is 7.99. The molecule has 1 N–H and O–H groups in total. The van der Waals surface area contributed by atoms with Crippen molar-refractivity contribution in [1.29, 1.82) is 0 Å². The van der Waals surface area contributed by atoms with Gasteiger partial charge in [0.25, 0.3) is 5.91 Å². The lowest BCUT2D eigenvalue weighted by Crippen LogP contribution is -2.32. The predicted octanol–water partition coefficient (Wildman–Crippen LogP) is 3.25. The van der Waals surface area contributed by atoms with E-state index in [0.29, 0.717) is 23.7 Å². The summed E-state index contributed by atoms with van der Waals surface area (Å²) in [7, 11) is 3.42. The van der Waals surface area contributed by atoms with Crippen LogP contribution in [-0.2, 0) is 20.1 Å². The van der Waals surface area contributed by atoms with Gasteiger partial charge in [-0.05, 0) is 35.9 Å². The van der Waals surface area contributed by atoms with E-state index >= 15 is 0 Å². The molecule has 0 atom stereocenters. The van der Waals surface area contributed by atoms with Crippen LogP contribution in [0.3, 0.4) is 0 Å². The number of aromatic nitrogens is 2. The Balaban J connectivity index is 1.49. The van der Waals surface area contributed by atoms with E-state index in [1.54, 1.807) is 38.9 Å². The molecule has 0 aliphatic carbocycles. The van der Waals surface area contributed by atoms with Crippen molar-refractivity contribution < 1.29 is 13.9 Å². The summed E-state index contributed by atoms with van der Waals surface area (Å²) in [6, 6.07) is 9.62. The summed E-state index contributed by atoms with van der Waals surface area (Å²) in [6.07, 6.45) is 4.93. The first-order valence-corrected chi connectivity index (χ1v) is 11.6. The Morgan fingerprint density at radius 3 is 2.94 bits per heavy atom. The quantitative estimate of drug-likeness (QED) is 0.527. The Morgan fingerprint density at radius 2 is 2.19 bits per heavy atom. The number of hydrogen-bond acceptors (Lipinski definition) is 7. The van der Waals surface area contributed by atoms with E-state index in [4.69, 9.17) is 9.15 Å². The molecule has 3 aromatic rings. The fraction of sp³-hybridized carbons (Fsp3) is 0.348. The second-order valence-corrected chi connectivity index (χ2v) is 8.71. The predicted molar refractivity (Wildman–Crippen MR) is 126 cm³/mol. The third kappa shape index (κ3) is 5.41. The van der Waals surface area contributed by atoms with Gasteiger partial charge in [0.05, 0.1) is 26.1 Å². The Bertz CT molecular complexity index is 1070. The SMILES string of the molecule is COc1ccc(C=Nc2cnn(C)c2C(=O)NCc2ccco2)cc1CN1CCSCC1. The number of rotatable bonds is 8. The summed E-state index contributed by atoms with van der Waals surface area (Å²) in [5, 5.41) is 7.05. The average Bonchev–Trinajstić information content (AvgIpc) is 3.46. The van der Waals surface area contributed by atoms with Crippen LogP contribution < -0.4 is 10.1 Å². The maximum Gasteiger partial charge on any atom is 0.272 e. The second-order valence-electron chi connectivity index (χ2n) is 7.48. The minimum Gasteiger partial charge on any atom is -0.496 e. The van der Waals surface area contributed by atoms with Crippen molar-refractivity contribution >= 4 is 29.6 Å². The van der Waals surface area contributed by atoms with Crippen LogP contribution in [0, 0.1) is 0 Å². The van der Waals surface area contributed by atoms with E-state index in [0.717, 1.165) is 48.0 Å². The lowest BCUT2D eigenvalue weighted by atomic mass is 10.1. The van der Waals surface area contributed by atoms with Crippen LogP contribution in [-0.4, -0.2) is 58.5 Å². The fourth-order valence-corrected chi connectivity index (χ4v) is 4.57.